The van der Waals surface area contributed by atoms with E-state index in [0.29, 0.717) is 36.9 Å². The number of amides is 1. The molecule has 1 amide bonds. The quantitative estimate of drug-likeness (QED) is 0.436. The van der Waals surface area contributed by atoms with Crippen LogP contribution in [0.1, 0.15) is 36.7 Å². The van der Waals surface area contributed by atoms with Crippen molar-refractivity contribution in [3.8, 4) is 5.75 Å². The zero-order chi connectivity index (χ0) is 21.6. The highest BCUT2D eigenvalue weighted by Gasteiger charge is 2.34. The fourth-order valence-electron chi connectivity index (χ4n) is 2.75. The lowest BCUT2D eigenvalue weighted by Crippen LogP contribution is -2.63. The van der Waals surface area contributed by atoms with Gasteiger partial charge in [0.05, 0.1) is 20.3 Å². The molecule has 1 heterocycles. The molecular formula is C20H30N4O5. The van der Waals surface area contributed by atoms with Crippen LogP contribution in [0.25, 0.3) is 0 Å². The highest BCUT2D eigenvalue weighted by atomic mass is 16.6. The summed E-state index contributed by atoms with van der Waals surface area (Å²) in [5, 5.41) is 6.47. The minimum atomic E-state index is -0.505. The van der Waals surface area contributed by atoms with Crippen molar-refractivity contribution in [1.82, 2.24) is 15.5 Å². The molecule has 1 aliphatic heterocycles. The number of carbonyl (C=O) groups excluding carboxylic acids is 2. The average molecular weight is 406 g/mol. The summed E-state index contributed by atoms with van der Waals surface area (Å²) in [7, 11) is 4.51. The largest absolute Gasteiger partial charge is 0.496 e. The number of ether oxygens (including phenoxy) is 3. The molecule has 1 aromatic carbocycles. The Morgan fingerprint density at radius 1 is 1.24 bits per heavy atom. The number of guanidine groups is 1. The van der Waals surface area contributed by atoms with Gasteiger partial charge in [0.1, 0.15) is 16.9 Å². The van der Waals surface area contributed by atoms with Crippen LogP contribution < -0.4 is 15.4 Å². The second-order valence-corrected chi connectivity index (χ2v) is 7.68. The first-order valence-electron chi connectivity index (χ1n) is 9.37. The van der Waals surface area contributed by atoms with Crippen LogP contribution in [0, 0.1) is 0 Å². The third-order valence-corrected chi connectivity index (χ3v) is 4.23. The maximum Gasteiger partial charge on any atom is 0.410 e. The van der Waals surface area contributed by atoms with Gasteiger partial charge < -0.3 is 29.7 Å². The zero-order valence-corrected chi connectivity index (χ0v) is 17.9. The molecule has 0 aliphatic carbocycles. The Balaban J connectivity index is 1.86. The van der Waals surface area contributed by atoms with Gasteiger partial charge in [-0.3, -0.25) is 4.99 Å². The number of benzene rings is 1. The first kappa shape index (κ1) is 22.3. The van der Waals surface area contributed by atoms with Gasteiger partial charge in [-0.05, 0) is 38.5 Å². The molecule has 1 aliphatic rings. The predicted octanol–water partition coefficient (Wildman–Crippen LogP) is 1.77. The number of nitrogens with one attached hydrogen (secondary N) is 2. The standard InChI is InChI=1S/C20H30N4O5/c1-20(2,3)29-19(26)24-11-14(12-24)23-18(21-4)22-10-13-7-8-16(27-5)15(9-13)17(25)28-6/h7-9,14H,10-12H2,1-6H3,(H2,21,22,23). The third kappa shape index (κ3) is 6.27. The number of likely N-dealkylation sites (tertiary alicyclic amines) is 1. The normalized spacial score (nSPS) is 14.7. The zero-order valence-electron chi connectivity index (χ0n) is 17.9. The Morgan fingerprint density at radius 2 is 1.93 bits per heavy atom. The molecule has 2 rings (SSSR count). The van der Waals surface area contributed by atoms with Crippen LogP contribution in [0.3, 0.4) is 0 Å². The second kappa shape index (κ2) is 9.49. The Labute approximate surface area is 171 Å². The number of methoxy groups -OCH3 is 2. The van der Waals surface area contributed by atoms with Gasteiger partial charge in [-0.25, -0.2) is 9.59 Å². The molecule has 0 aromatic heterocycles. The van der Waals surface area contributed by atoms with Gasteiger partial charge in [0, 0.05) is 26.7 Å². The van der Waals surface area contributed by atoms with Crippen molar-refractivity contribution >= 4 is 18.0 Å². The van der Waals surface area contributed by atoms with Crippen molar-refractivity contribution in [3.05, 3.63) is 29.3 Å². The second-order valence-electron chi connectivity index (χ2n) is 7.68. The van der Waals surface area contributed by atoms with Gasteiger partial charge in [0.2, 0.25) is 0 Å². The Bertz CT molecular complexity index is 767. The fourth-order valence-corrected chi connectivity index (χ4v) is 2.75. The lowest BCUT2D eigenvalue weighted by Gasteiger charge is -2.40. The van der Waals surface area contributed by atoms with Crippen LogP contribution in [0.15, 0.2) is 23.2 Å². The van der Waals surface area contributed by atoms with E-state index in [1.165, 1.54) is 14.2 Å². The average Bonchev–Trinajstić information content (AvgIpc) is 2.64. The molecule has 1 aromatic rings. The highest BCUT2D eigenvalue weighted by molar-refractivity contribution is 5.92. The molecule has 0 radical (unpaired) electrons. The molecule has 1 saturated heterocycles. The molecule has 29 heavy (non-hydrogen) atoms. The molecule has 9 nitrogen and oxygen atoms in total. The van der Waals surface area contributed by atoms with E-state index in [-0.39, 0.29) is 12.1 Å². The lowest BCUT2D eigenvalue weighted by molar-refractivity contribution is 0.00699. The van der Waals surface area contributed by atoms with Crippen molar-refractivity contribution in [2.24, 2.45) is 4.99 Å². The number of nitrogens with zero attached hydrogens (tertiary/aromatic N) is 2. The van der Waals surface area contributed by atoms with E-state index in [4.69, 9.17) is 14.2 Å². The smallest absolute Gasteiger partial charge is 0.410 e. The van der Waals surface area contributed by atoms with Crippen molar-refractivity contribution in [1.29, 1.82) is 0 Å². The van der Waals surface area contributed by atoms with E-state index in [0.717, 1.165) is 5.56 Å². The fraction of sp³-hybridized carbons (Fsp3) is 0.550. The Hall–Kier alpha value is -2.97. The maximum absolute atomic E-state index is 12.0. The van der Waals surface area contributed by atoms with E-state index in [9.17, 15) is 9.59 Å². The van der Waals surface area contributed by atoms with E-state index in [1.54, 1.807) is 24.1 Å². The summed E-state index contributed by atoms with van der Waals surface area (Å²) in [5.74, 6) is 0.608. The van der Waals surface area contributed by atoms with Crippen molar-refractivity contribution in [3.63, 3.8) is 0 Å². The van der Waals surface area contributed by atoms with Crippen LogP contribution in [-0.4, -0.2) is 68.9 Å². The van der Waals surface area contributed by atoms with Gasteiger partial charge in [-0.2, -0.15) is 0 Å². The minimum absolute atomic E-state index is 0.0928. The molecule has 160 valence electrons. The summed E-state index contributed by atoms with van der Waals surface area (Å²) in [6.45, 7) is 7.08. The highest BCUT2D eigenvalue weighted by Crippen LogP contribution is 2.21. The van der Waals surface area contributed by atoms with Crippen LogP contribution in [-0.2, 0) is 16.0 Å². The summed E-state index contributed by atoms with van der Waals surface area (Å²) in [4.78, 5) is 29.7. The van der Waals surface area contributed by atoms with Gasteiger partial charge in [-0.1, -0.05) is 6.07 Å². The Kier molecular flexibility index (Phi) is 7.30. The Morgan fingerprint density at radius 3 is 2.48 bits per heavy atom. The molecule has 1 fully saturated rings. The first-order chi connectivity index (χ1) is 13.7. The van der Waals surface area contributed by atoms with Crippen molar-refractivity contribution in [2.45, 2.75) is 39.0 Å². The van der Waals surface area contributed by atoms with Crippen LogP contribution in [0.5, 0.6) is 5.75 Å². The summed E-state index contributed by atoms with van der Waals surface area (Å²) < 4.78 is 15.4. The van der Waals surface area contributed by atoms with Gasteiger partial charge in [0.15, 0.2) is 5.96 Å². The monoisotopic (exact) mass is 406 g/mol. The van der Waals surface area contributed by atoms with Gasteiger partial charge in [0.25, 0.3) is 0 Å². The molecule has 0 atom stereocenters. The predicted molar refractivity (Wildman–Crippen MR) is 109 cm³/mol. The molecule has 0 saturated carbocycles. The van der Waals surface area contributed by atoms with Crippen LogP contribution in [0.4, 0.5) is 4.79 Å². The molecule has 0 spiro atoms. The molecule has 0 bridgehead atoms. The van der Waals surface area contributed by atoms with Crippen molar-refractivity contribution < 1.29 is 23.8 Å². The van der Waals surface area contributed by atoms with Crippen molar-refractivity contribution in [2.75, 3.05) is 34.4 Å². The molecule has 2 N–H and O–H groups in total. The lowest BCUT2D eigenvalue weighted by atomic mass is 10.1. The maximum atomic E-state index is 12.0. The van der Waals surface area contributed by atoms with Gasteiger partial charge >= 0.3 is 12.1 Å². The third-order valence-electron chi connectivity index (χ3n) is 4.23. The molecule has 9 heteroatoms. The van der Waals surface area contributed by atoms with Crippen LogP contribution >= 0.6 is 0 Å². The number of rotatable bonds is 5. The van der Waals surface area contributed by atoms with E-state index < -0.39 is 11.6 Å². The topological polar surface area (TPSA) is 101 Å². The molecule has 0 unspecified atom stereocenters. The number of hydrogen-bond acceptors (Lipinski definition) is 6. The number of hydrogen-bond donors (Lipinski definition) is 2. The number of aliphatic imine (C=N–C) groups is 1. The van der Waals surface area contributed by atoms with E-state index >= 15 is 0 Å². The molecular weight excluding hydrogens is 376 g/mol. The summed E-state index contributed by atoms with van der Waals surface area (Å²) >= 11 is 0. The number of esters is 1. The SMILES string of the molecule is CN=C(NCc1ccc(OC)c(C(=O)OC)c1)NC1CN(C(=O)OC(C)(C)C)C1. The number of carbonyl (C=O) groups is 2. The summed E-state index contributed by atoms with van der Waals surface area (Å²) in [6.07, 6.45) is -0.313. The van der Waals surface area contributed by atoms with Crippen LogP contribution in [0.2, 0.25) is 0 Å². The van der Waals surface area contributed by atoms with Gasteiger partial charge in [-0.15, -0.1) is 0 Å². The summed E-state index contributed by atoms with van der Waals surface area (Å²) in [5.41, 5.74) is 0.733. The summed E-state index contributed by atoms with van der Waals surface area (Å²) in [6, 6.07) is 5.40. The first-order valence-corrected chi connectivity index (χ1v) is 9.37. The minimum Gasteiger partial charge on any atom is -0.496 e. The van der Waals surface area contributed by atoms with E-state index in [1.807, 2.05) is 26.8 Å². The van der Waals surface area contributed by atoms with E-state index in [2.05, 4.69) is 15.6 Å².